The molecular weight excluding hydrogens is 314 g/mol. The van der Waals surface area contributed by atoms with Crippen molar-refractivity contribution in [3.63, 3.8) is 0 Å². The van der Waals surface area contributed by atoms with Crippen LogP contribution in [0, 0.1) is 30.4 Å². The summed E-state index contributed by atoms with van der Waals surface area (Å²) < 4.78 is 31.1. The first kappa shape index (κ1) is 17.3. The van der Waals surface area contributed by atoms with E-state index in [9.17, 15) is 13.6 Å². The molecule has 0 aromatic heterocycles. The Hall–Kier alpha value is -3.07. The first-order valence-corrected chi connectivity index (χ1v) is 7.19. The Bertz CT molecular complexity index is 782. The number of rotatable bonds is 4. The van der Waals surface area contributed by atoms with Crippen molar-refractivity contribution in [1.29, 1.82) is 0 Å². The summed E-state index contributed by atoms with van der Waals surface area (Å²) in [6.45, 7) is 1.98. The van der Waals surface area contributed by atoms with Crippen LogP contribution in [0.4, 0.5) is 19.3 Å². The predicted octanol–water partition coefficient (Wildman–Crippen LogP) is 3.48. The molecule has 2 aromatic rings. The second kappa shape index (κ2) is 8.53. The molecule has 0 fully saturated rings. The van der Waals surface area contributed by atoms with E-state index in [1.165, 1.54) is 6.07 Å². The highest BCUT2D eigenvalue weighted by molar-refractivity contribution is 5.89. The van der Waals surface area contributed by atoms with E-state index in [1.807, 2.05) is 25.1 Å². The highest BCUT2D eigenvalue weighted by atomic mass is 19.1. The van der Waals surface area contributed by atoms with Crippen molar-refractivity contribution in [1.82, 2.24) is 5.32 Å². The van der Waals surface area contributed by atoms with Gasteiger partial charge in [0.2, 0.25) is 0 Å². The van der Waals surface area contributed by atoms with Crippen LogP contribution in [0.1, 0.15) is 5.56 Å². The van der Waals surface area contributed by atoms with Crippen LogP contribution in [0.3, 0.4) is 0 Å². The molecule has 2 amide bonds. The summed E-state index contributed by atoms with van der Waals surface area (Å²) in [5.74, 6) is 3.77. The van der Waals surface area contributed by atoms with E-state index < -0.39 is 11.6 Å². The molecule has 0 bridgehead atoms. The minimum Gasteiger partial charge on any atom is -0.478 e. The summed E-state index contributed by atoms with van der Waals surface area (Å²) >= 11 is 0. The van der Waals surface area contributed by atoms with Gasteiger partial charge in [0.05, 0.1) is 6.54 Å². The van der Waals surface area contributed by atoms with Gasteiger partial charge in [-0.1, -0.05) is 24.0 Å². The van der Waals surface area contributed by atoms with Gasteiger partial charge in [0, 0.05) is 11.8 Å². The highest BCUT2D eigenvalue weighted by Gasteiger charge is 2.03. The van der Waals surface area contributed by atoms with Crippen molar-refractivity contribution in [3.05, 3.63) is 59.7 Å². The van der Waals surface area contributed by atoms with Gasteiger partial charge >= 0.3 is 6.03 Å². The number of carbonyl (C=O) groups is 1. The summed E-state index contributed by atoms with van der Waals surface area (Å²) in [5, 5.41) is 5.24. The van der Waals surface area contributed by atoms with E-state index in [2.05, 4.69) is 22.5 Å². The van der Waals surface area contributed by atoms with Crippen LogP contribution >= 0.6 is 0 Å². The largest absolute Gasteiger partial charge is 0.478 e. The second-order valence-corrected chi connectivity index (χ2v) is 4.89. The topological polar surface area (TPSA) is 50.4 Å². The quantitative estimate of drug-likeness (QED) is 0.843. The summed E-state index contributed by atoms with van der Waals surface area (Å²) in [6, 6.07) is 10.1. The van der Waals surface area contributed by atoms with Crippen molar-refractivity contribution in [2.45, 2.75) is 6.92 Å². The Balaban J connectivity index is 1.70. The monoisotopic (exact) mass is 330 g/mol. The number of urea groups is 1. The third-order valence-corrected chi connectivity index (χ3v) is 2.93. The third-order valence-electron chi connectivity index (χ3n) is 2.93. The zero-order chi connectivity index (χ0) is 17.4. The zero-order valence-corrected chi connectivity index (χ0v) is 13.0. The lowest BCUT2D eigenvalue weighted by atomic mass is 10.2. The van der Waals surface area contributed by atoms with Crippen LogP contribution in [0.15, 0.2) is 42.5 Å². The summed E-state index contributed by atoms with van der Waals surface area (Å²) in [6.07, 6.45) is 0. The number of hydrogen-bond acceptors (Lipinski definition) is 2. The van der Waals surface area contributed by atoms with Gasteiger partial charge in [-0.05, 0) is 36.8 Å². The number of carbonyl (C=O) groups excluding carboxylic acids is 1. The molecule has 0 atom stereocenters. The molecule has 6 heteroatoms. The number of ether oxygens (including phenoxy) is 1. The maximum Gasteiger partial charge on any atom is 0.319 e. The average Bonchev–Trinajstić information content (AvgIpc) is 2.52. The molecule has 2 rings (SSSR count). The Labute approximate surface area is 138 Å². The second-order valence-electron chi connectivity index (χ2n) is 4.89. The molecule has 124 valence electrons. The smallest absolute Gasteiger partial charge is 0.319 e. The summed E-state index contributed by atoms with van der Waals surface area (Å²) in [7, 11) is 0. The molecule has 24 heavy (non-hydrogen) atoms. The molecule has 4 nitrogen and oxygen atoms in total. The van der Waals surface area contributed by atoms with Crippen molar-refractivity contribution in [3.8, 4) is 17.6 Å². The Morgan fingerprint density at radius 2 is 2.00 bits per heavy atom. The predicted molar refractivity (Wildman–Crippen MR) is 87.8 cm³/mol. The Kier molecular flexibility index (Phi) is 6.15. The molecule has 0 unspecified atom stereocenters. The fourth-order valence-corrected chi connectivity index (χ4v) is 1.84. The van der Waals surface area contributed by atoms with Crippen LogP contribution < -0.4 is 15.4 Å². The molecule has 0 spiro atoms. The molecule has 2 N–H and O–H groups in total. The Morgan fingerprint density at radius 1 is 1.17 bits per heavy atom. The van der Waals surface area contributed by atoms with E-state index in [-0.39, 0.29) is 24.9 Å². The number of anilines is 1. The van der Waals surface area contributed by atoms with E-state index in [4.69, 9.17) is 4.74 Å². The standard InChI is InChI=1S/C18H16F2N2O2/c1-13-5-4-6-15(11-13)22-18(23)21-9-2-3-10-24-17-8-7-14(19)12-16(17)20/h4-8,11-12H,9-10H2,1H3,(H2,21,22,23). The number of nitrogens with one attached hydrogen (secondary N) is 2. The normalized spacial score (nSPS) is 9.62. The van der Waals surface area contributed by atoms with Gasteiger partial charge in [-0.3, -0.25) is 0 Å². The van der Waals surface area contributed by atoms with Gasteiger partial charge in [-0.2, -0.15) is 0 Å². The minimum atomic E-state index is -0.785. The number of halogens is 2. The summed E-state index contributed by atoms with van der Waals surface area (Å²) in [4.78, 5) is 11.6. The van der Waals surface area contributed by atoms with Crippen LogP contribution in [0.5, 0.6) is 5.75 Å². The lowest BCUT2D eigenvalue weighted by Gasteiger charge is -2.05. The molecule has 0 aliphatic rings. The van der Waals surface area contributed by atoms with Crippen molar-refractivity contribution in [2.24, 2.45) is 0 Å². The van der Waals surface area contributed by atoms with E-state index in [0.717, 1.165) is 17.7 Å². The molecule has 0 aliphatic heterocycles. The molecule has 0 radical (unpaired) electrons. The Morgan fingerprint density at radius 3 is 2.75 bits per heavy atom. The van der Waals surface area contributed by atoms with E-state index >= 15 is 0 Å². The van der Waals surface area contributed by atoms with Gasteiger partial charge < -0.3 is 15.4 Å². The zero-order valence-electron chi connectivity index (χ0n) is 13.0. The van der Waals surface area contributed by atoms with Crippen molar-refractivity contribution >= 4 is 11.7 Å². The molecule has 2 aromatic carbocycles. The molecule has 0 heterocycles. The van der Waals surface area contributed by atoms with Crippen molar-refractivity contribution in [2.75, 3.05) is 18.5 Å². The first-order valence-electron chi connectivity index (χ1n) is 7.19. The van der Waals surface area contributed by atoms with Crippen LogP contribution in [-0.2, 0) is 0 Å². The molecule has 0 saturated heterocycles. The maximum atomic E-state index is 13.3. The van der Waals surface area contributed by atoms with Crippen LogP contribution in [0.25, 0.3) is 0 Å². The number of benzene rings is 2. The number of amides is 2. The van der Waals surface area contributed by atoms with Crippen molar-refractivity contribution < 1.29 is 18.3 Å². The third kappa shape index (κ3) is 5.61. The molecule has 0 aliphatic carbocycles. The summed E-state index contributed by atoms with van der Waals surface area (Å²) in [5.41, 5.74) is 1.73. The van der Waals surface area contributed by atoms with E-state index in [1.54, 1.807) is 6.07 Å². The van der Waals surface area contributed by atoms with Crippen LogP contribution in [0.2, 0.25) is 0 Å². The number of aryl methyl sites for hydroxylation is 1. The van der Waals surface area contributed by atoms with E-state index in [0.29, 0.717) is 5.69 Å². The van der Waals surface area contributed by atoms with Gasteiger partial charge in [0.15, 0.2) is 11.6 Å². The van der Waals surface area contributed by atoms with Gasteiger partial charge in [-0.25, -0.2) is 13.6 Å². The SMILES string of the molecule is Cc1cccc(NC(=O)NCC#CCOc2ccc(F)cc2F)c1. The average molecular weight is 330 g/mol. The van der Waals surface area contributed by atoms with Gasteiger partial charge in [0.25, 0.3) is 0 Å². The lowest BCUT2D eigenvalue weighted by Crippen LogP contribution is -2.28. The molecular formula is C18H16F2N2O2. The minimum absolute atomic E-state index is 0.0657. The number of hydrogen-bond donors (Lipinski definition) is 2. The van der Waals surface area contributed by atoms with Gasteiger partial charge in [0.1, 0.15) is 12.4 Å². The lowest BCUT2D eigenvalue weighted by molar-refractivity contribution is 0.253. The fourth-order valence-electron chi connectivity index (χ4n) is 1.84. The first-order chi connectivity index (χ1) is 11.5. The van der Waals surface area contributed by atoms with Crippen LogP contribution in [-0.4, -0.2) is 19.2 Å². The molecule has 0 saturated carbocycles. The highest BCUT2D eigenvalue weighted by Crippen LogP contribution is 2.17. The van der Waals surface area contributed by atoms with Gasteiger partial charge in [-0.15, -0.1) is 0 Å². The fraction of sp³-hybridized carbons (Fsp3) is 0.167. The maximum absolute atomic E-state index is 13.3.